The number of pyridine rings is 1. The SMILES string of the molecule is Cc1cc2cc(C(CC(=O)O)c3ccc(C)c(CN4C[C@@H]5CCCN5c5ncccc5S4(=O)=O)c3)n(C)c2nn1.S. The number of carbonyl (C=O) groups is 1. The zero-order valence-electron chi connectivity index (χ0n) is 23.3. The normalized spacial score (nSPS) is 18.8. The largest absolute Gasteiger partial charge is 0.481 e. The lowest BCUT2D eigenvalue weighted by molar-refractivity contribution is -0.137. The molecule has 6 rings (SSSR count). The molecular formula is C29H34N6O4S2. The molecule has 4 aromatic rings. The van der Waals surface area contributed by atoms with Gasteiger partial charge in [0, 0.05) is 55.9 Å². The van der Waals surface area contributed by atoms with Crippen molar-refractivity contribution >= 4 is 46.3 Å². The van der Waals surface area contributed by atoms with Gasteiger partial charge in [-0.3, -0.25) is 4.79 Å². The summed E-state index contributed by atoms with van der Waals surface area (Å²) in [6.45, 7) is 5.19. The Morgan fingerprint density at radius 2 is 1.95 bits per heavy atom. The first-order chi connectivity index (χ1) is 19.1. The molecule has 1 unspecified atom stereocenters. The molecule has 1 fully saturated rings. The average molecular weight is 595 g/mol. The van der Waals surface area contributed by atoms with Gasteiger partial charge in [-0.15, -0.1) is 5.10 Å². The van der Waals surface area contributed by atoms with Crippen LogP contribution in [0.5, 0.6) is 0 Å². The maximum absolute atomic E-state index is 13.9. The highest BCUT2D eigenvalue weighted by atomic mass is 32.2. The van der Waals surface area contributed by atoms with E-state index in [9.17, 15) is 18.3 Å². The number of fused-ring (bicyclic) bond motifs is 4. The van der Waals surface area contributed by atoms with Crippen molar-refractivity contribution in [1.29, 1.82) is 0 Å². The minimum Gasteiger partial charge on any atom is -0.481 e. The molecule has 1 saturated heterocycles. The number of nitrogens with zero attached hydrogens (tertiary/aromatic N) is 6. The van der Waals surface area contributed by atoms with Gasteiger partial charge < -0.3 is 14.6 Å². The minimum atomic E-state index is -3.79. The summed E-state index contributed by atoms with van der Waals surface area (Å²) in [5, 5.41) is 19.2. The summed E-state index contributed by atoms with van der Waals surface area (Å²) >= 11 is 0. The van der Waals surface area contributed by atoms with Crippen molar-refractivity contribution in [2.24, 2.45) is 7.05 Å². The summed E-state index contributed by atoms with van der Waals surface area (Å²) in [4.78, 5) is 18.8. The third-order valence-electron chi connectivity index (χ3n) is 8.22. The van der Waals surface area contributed by atoms with Crippen LogP contribution in [0.1, 0.15) is 53.3 Å². The Morgan fingerprint density at radius 3 is 2.73 bits per heavy atom. The molecule has 2 aliphatic rings. The van der Waals surface area contributed by atoms with Crippen LogP contribution in [0.4, 0.5) is 5.82 Å². The van der Waals surface area contributed by atoms with Crippen LogP contribution in [0.15, 0.2) is 53.6 Å². The molecule has 0 aliphatic carbocycles. The fourth-order valence-electron chi connectivity index (χ4n) is 6.14. The maximum Gasteiger partial charge on any atom is 0.304 e. The Kier molecular flexibility index (Phi) is 7.84. The average Bonchev–Trinajstić information content (AvgIpc) is 3.49. The molecule has 1 aromatic carbocycles. The smallest absolute Gasteiger partial charge is 0.304 e. The number of carboxylic acid groups (broad SMARTS) is 1. The number of benzene rings is 1. The van der Waals surface area contributed by atoms with Gasteiger partial charge in [-0.25, -0.2) is 13.4 Å². The summed E-state index contributed by atoms with van der Waals surface area (Å²) < 4.78 is 31.2. The van der Waals surface area contributed by atoms with E-state index in [0.717, 1.165) is 52.9 Å². The number of carboxylic acids is 1. The van der Waals surface area contributed by atoms with Crippen molar-refractivity contribution in [1.82, 2.24) is 24.1 Å². The number of sulfonamides is 1. The lowest BCUT2D eigenvalue weighted by Crippen LogP contribution is -2.39. The second-order valence-electron chi connectivity index (χ2n) is 10.8. The molecule has 0 saturated carbocycles. The number of hydrogen-bond acceptors (Lipinski definition) is 7. The zero-order valence-corrected chi connectivity index (χ0v) is 25.1. The first kappa shape index (κ1) is 29.0. The van der Waals surface area contributed by atoms with Gasteiger partial charge >= 0.3 is 5.97 Å². The zero-order chi connectivity index (χ0) is 28.2. The fourth-order valence-corrected chi connectivity index (χ4v) is 7.75. The van der Waals surface area contributed by atoms with Gasteiger partial charge in [0.1, 0.15) is 10.7 Å². The fraction of sp³-hybridized carbons (Fsp3) is 0.379. The monoisotopic (exact) mass is 594 g/mol. The molecule has 12 heteroatoms. The van der Waals surface area contributed by atoms with Crippen molar-refractivity contribution in [2.45, 2.75) is 56.5 Å². The second-order valence-corrected chi connectivity index (χ2v) is 12.7. The van der Waals surface area contributed by atoms with Gasteiger partial charge in [-0.05, 0) is 67.6 Å². The van der Waals surface area contributed by atoms with Crippen molar-refractivity contribution in [3.8, 4) is 0 Å². The Labute approximate surface area is 246 Å². The number of aliphatic carboxylic acids is 1. The molecule has 41 heavy (non-hydrogen) atoms. The molecule has 0 bridgehead atoms. The van der Waals surface area contributed by atoms with E-state index in [1.807, 2.05) is 55.8 Å². The van der Waals surface area contributed by atoms with Crippen LogP contribution in [0.25, 0.3) is 11.0 Å². The minimum absolute atomic E-state index is 0. The topological polar surface area (TPSA) is 122 Å². The molecule has 216 valence electrons. The first-order valence-corrected chi connectivity index (χ1v) is 14.9. The Balaban J connectivity index is 0.00000337. The van der Waals surface area contributed by atoms with E-state index >= 15 is 0 Å². The lowest BCUT2D eigenvalue weighted by Gasteiger charge is -2.26. The standard InChI is InChI=1S/C29H32N6O4S.H2S/c1-18-8-9-20(24(15-27(36)37)25-14-21-12-19(2)31-32-28(21)33(25)3)13-22(18)16-34-17-23-6-5-11-35(23)29-26(40(34,38)39)7-4-10-30-29;/h4,7-10,12-14,23-24H,5-6,11,15-17H2,1-3H3,(H,36,37);1H2/t23-,24?;/m0./s1. The number of anilines is 1. The van der Waals surface area contributed by atoms with Crippen molar-refractivity contribution in [3.05, 3.63) is 76.7 Å². The third kappa shape index (κ3) is 5.20. The third-order valence-corrected chi connectivity index (χ3v) is 10.1. The number of rotatable bonds is 6. The van der Waals surface area contributed by atoms with E-state index in [-0.39, 0.29) is 37.4 Å². The summed E-state index contributed by atoms with van der Waals surface area (Å²) in [5.41, 5.74) is 4.90. The van der Waals surface area contributed by atoms with Crippen LogP contribution in [-0.2, 0) is 28.4 Å². The summed E-state index contributed by atoms with van der Waals surface area (Å²) in [7, 11) is -1.92. The quantitative estimate of drug-likeness (QED) is 0.357. The summed E-state index contributed by atoms with van der Waals surface area (Å²) in [5.74, 6) is -0.832. The van der Waals surface area contributed by atoms with Crippen molar-refractivity contribution in [3.63, 3.8) is 0 Å². The lowest BCUT2D eigenvalue weighted by atomic mass is 9.89. The highest BCUT2D eigenvalue weighted by Gasteiger charge is 2.40. The van der Waals surface area contributed by atoms with E-state index < -0.39 is 21.9 Å². The van der Waals surface area contributed by atoms with E-state index in [1.165, 1.54) is 0 Å². The van der Waals surface area contributed by atoms with E-state index in [0.29, 0.717) is 18.0 Å². The molecule has 10 nitrogen and oxygen atoms in total. The van der Waals surface area contributed by atoms with Crippen LogP contribution in [0.3, 0.4) is 0 Å². The molecule has 5 heterocycles. The Bertz CT molecular complexity index is 1740. The molecule has 2 atom stereocenters. The first-order valence-electron chi connectivity index (χ1n) is 13.5. The maximum atomic E-state index is 13.9. The molecule has 2 aliphatic heterocycles. The summed E-state index contributed by atoms with van der Waals surface area (Å²) in [6, 6.07) is 13.1. The van der Waals surface area contributed by atoms with Gasteiger partial charge in [0.15, 0.2) is 5.65 Å². The van der Waals surface area contributed by atoms with E-state index in [2.05, 4.69) is 20.1 Å². The highest BCUT2D eigenvalue weighted by Crippen LogP contribution is 2.37. The molecule has 1 N–H and O–H groups in total. The number of aryl methyl sites for hydroxylation is 3. The van der Waals surface area contributed by atoms with Crippen LogP contribution in [-0.4, -0.2) is 62.7 Å². The number of aromatic nitrogens is 4. The van der Waals surface area contributed by atoms with Gasteiger partial charge in [-0.1, -0.05) is 18.2 Å². The van der Waals surface area contributed by atoms with Crippen molar-refractivity contribution < 1.29 is 18.3 Å². The van der Waals surface area contributed by atoms with Crippen LogP contribution in [0.2, 0.25) is 0 Å². The van der Waals surface area contributed by atoms with Crippen molar-refractivity contribution in [2.75, 3.05) is 18.0 Å². The van der Waals surface area contributed by atoms with Gasteiger partial charge in [0.2, 0.25) is 10.0 Å². The Morgan fingerprint density at radius 1 is 1.15 bits per heavy atom. The van der Waals surface area contributed by atoms with Gasteiger partial charge in [0.05, 0.1) is 12.1 Å². The molecule has 0 radical (unpaired) electrons. The van der Waals surface area contributed by atoms with Gasteiger partial charge in [0.25, 0.3) is 0 Å². The van der Waals surface area contributed by atoms with Crippen LogP contribution in [0, 0.1) is 13.8 Å². The predicted octanol–water partition coefficient (Wildman–Crippen LogP) is 3.87. The van der Waals surface area contributed by atoms with Crippen LogP contribution >= 0.6 is 13.5 Å². The molecule has 0 amide bonds. The summed E-state index contributed by atoms with van der Waals surface area (Å²) in [6.07, 6.45) is 3.44. The second kappa shape index (κ2) is 11.1. The van der Waals surface area contributed by atoms with Gasteiger partial charge in [-0.2, -0.15) is 22.9 Å². The predicted molar refractivity (Wildman–Crippen MR) is 161 cm³/mol. The van der Waals surface area contributed by atoms with E-state index in [4.69, 9.17) is 0 Å². The Hall–Kier alpha value is -3.48. The molecular weight excluding hydrogens is 560 g/mol. The molecule has 0 spiro atoms. The highest BCUT2D eigenvalue weighted by molar-refractivity contribution is 7.89. The van der Waals surface area contributed by atoms with E-state index in [1.54, 1.807) is 22.6 Å². The van der Waals surface area contributed by atoms with Crippen LogP contribution < -0.4 is 4.90 Å². The molecule has 3 aromatic heterocycles. The number of hydrogen-bond donors (Lipinski definition) is 1.